The Labute approximate surface area is 110 Å². The Morgan fingerprint density at radius 3 is 2.61 bits per heavy atom. The Kier molecular flexibility index (Phi) is 3.89. The number of anilines is 1. The van der Waals surface area contributed by atoms with Gasteiger partial charge in [-0.1, -0.05) is 11.6 Å². The van der Waals surface area contributed by atoms with Crippen molar-refractivity contribution in [2.45, 2.75) is 6.92 Å². The third-order valence-electron chi connectivity index (χ3n) is 2.51. The number of carbonyl (C=O) groups is 1. The standard InChI is InChI=1S/C13H12ClN3O/c1-2-17(11-4-6-15-7-5-11)13(18)10-3-8-16-12(14)9-10/h3-9H,2H2,1H3. The van der Waals surface area contributed by atoms with Crippen molar-refractivity contribution in [2.24, 2.45) is 0 Å². The monoisotopic (exact) mass is 261 g/mol. The van der Waals surface area contributed by atoms with Gasteiger partial charge in [0.25, 0.3) is 5.91 Å². The Balaban J connectivity index is 2.32. The van der Waals surface area contributed by atoms with E-state index < -0.39 is 0 Å². The number of nitrogens with zero attached hydrogens (tertiary/aromatic N) is 3. The lowest BCUT2D eigenvalue weighted by atomic mass is 10.2. The van der Waals surface area contributed by atoms with Gasteiger partial charge >= 0.3 is 0 Å². The SMILES string of the molecule is CCN(C(=O)c1ccnc(Cl)c1)c1ccncc1. The maximum atomic E-state index is 12.3. The van der Waals surface area contributed by atoms with Gasteiger partial charge in [0.2, 0.25) is 0 Å². The minimum absolute atomic E-state index is 0.104. The summed E-state index contributed by atoms with van der Waals surface area (Å²) < 4.78 is 0. The molecule has 92 valence electrons. The van der Waals surface area contributed by atoms with Gasteiger partial charge in [0, 0.05) is 36.4 Å². The van der Waals surface area contributed by atoms with Gasteiger partial charge in [-0.05, 0) is 31.2 Å². The maximum Gasteiger partial charge on any atom is 0.258 e. The molecule has 0 aliphatic rings. The van der Waals surface area contributed by atoms with E-state index in [1.54, 1.807) is 41.6 Å². The van der Waals surface area contributed by atoms with Crippen LogP contribution in [0.1, 0.15) is 17.3 Å². The number of carbonyl (C=O) groups excluding carboxylic acids is 1. The van der Waals surface area contributed by atoms with E-state index in [0.717, 1.165) is 5.69 Å². The predicted octanol–water partition coefficient (Wildman–Crippen LogP) is 2.80. The fourth-order valence-corrected chi connectivity index (χ4v) is 1.83. The number of amides is 1. The number of rotatable bonds is 3. The first kappa shape index (κ1) is 12.5. The first-order valence-electron chi connectivity index (χ1n) is 5.56. The fraction of sp³-hybridized carbons (Fsp3) is 0.154. The predicted molar refractivity (Wildman–Crippen MR) is 70.8 cm³/mol. The highest BCUT2D eigenvalue weighted by Crippen LogP contribution is 2.16. The molecule has 0 saturated carbocycles. The number of halogens is 1. The quantitative estimate of drug-likeness (QED) is 0.798. The van der Waals surface area contributed by atoms with Crippen molar-refractivity contribution < 1.29 is 4.79 Å². The Morgan fingerprint density at radius 1 is 1.28 bits per heavy atom. The lowest BCUT2D eigenvalue weighted by Crippen LogP contribution is -2.30. The van der Waals surface area contributed by atoms with E-state index in [4.69, 9.17) is 11.6 Å². The molecule has 2 aromatic rings. The molecule has 0 radical (unpaired) electrons. The zero-order valence-electron chi connectivity index (χ0n) is 9.88. The van der Waals surface area contributed by atoms with Gasteiger partial charge in [0.1, 0.15) is 5.15 Å². The molecule has 18 heavy (non-hydrogen) atoms. The van der Waals surface area contributed by atoms with E-state index in [9.17, 15) is 4.79 Å². The Morgan fingerprint density at radius 2 is 2.00 bits per heavy atom. The molecule has 0 unspecified atom stereocenters. The summed E-state index contributed by atoms with van der Waals surface area (Å²) in [5.74, 6) is -0.104. The summed E-state index contributed by atoms with van der Waals surface area (Å²) in [5, 5.41) is 0.312. The molecule has 5 heteroatoms. The summed E-state index contributed by atoms with van der Waals surface area (Å²) >= 11 is 5.79. The minimum atomic E-state index is -0.104. The molecule has 2 heterocycles. The molecule has 0 saturated heterocycles. The van der Waals surface area contributed by atoms with Crippen molar-refractivity contribution in [2.75, 3.05) is 11.4 Å². The largest absolute Gasteiger partial charge is 0.309 e. The van der Waals surface area contributed by atoms with Crippen LogP contribution in [0.15, 0.2) is 42.9 Å². The zero-order valence-corrected chi connectivity index (χ0v) is 10.6. The van der Waals surface area contributed by atoms with E-state index in [-0.39, 0.29) is 5.91 Å². The summed E-state index contributed by atoms with van der Waals surface area (Å²) in [6.07, 6.45) is 4.84. The van der Waals surface area contributed by atoms with Crippen LogP contribution in [0, 0.1) is 0 Å². The molecule has 0 aliphatic carbocycles. The van der Waals surface area contributed by atoms with Gasteiger partial charge in [0.15, 0.2) is 0 Å². The Bertz CT molecular complexity index is 545. The molecular formula is C13H12ClN3O. The summed E-state index contributed by atoms with van der Waals surface area (Å²) in [7, 11) is 0. The van der Waals surface area contributed by atoms with Crippen LogP contribution >= 0.6 is 11.6 Å². The number of hydrogen-bond acceptors (Lipinski definition) is 3. The summed E-state index contributed by atoms with van der Waals surface area (Å²) in [6.45, 7) is 2.49. The zero-order chi connectivity index (χ0) is 13.0. The second-order valence-corrected chi connectivity index (χ2v) is 4.01. The van der Waals surface area contributed by atoms with E-state index in [2.05, 4.69) is 9.97 Å². The third kappa shape index (κ3) is 2.65. The van der Waals surface area contributed by atoms with E-state index >= 15 is 0 Å². The molecule has 0 aliphatic heterocycles. The van der Waals surface area contributed by atoms with Crippen molar-refractivity contribution in [1.82, 2.24) is 9.97 Å². The van der Waals surface area contributed by atoms with Crippen LogP contribution in [0.3, 0.4) is 0 Å². The molecule has 1 amide bonds. The van der Waals surface area contributed by atoms with Crippen LogP contribution in [-0.2, 0) is 0 Å². The van der Waals surface area contributed by atoms with E-state index in [1.807, 2.05) is 6.92 Å². The highest BCUT2D eigenvalue weighted by atomic mass is 35.5. The van der Waals surface area contributed by atoms with Crippen LogP contribution in [-0.4, -0.2) is 22.4 Å². The maximum absolute atomic E-state index is 12.3. The summed E-state index contributed by atoms with van der Waals surface area (Å²) in [5.41, 5.74) is 1.33. The van der Waals surface area contributed by atoms with Crippen molar-refractivity contribution in [3.8, 4) is 0 Å². The van der Waals surface area contributed by atoms with Crippen molar-refractivity contribution in [3.05, 3.63) is 53.6 Å². The van der Waals surface area contributed by atoms with Gasteiger partial charge in [-0.2, -0.15) is 0 Å². The van der Waals surface area contributed by atoms with E-state index in [1.165, 1.54) is 6.20 Å². The molecular weight excluding hydrogens is 250 g/mol. The fourth-order valence-electron chi connectivity index (χ4n) is 1.66. The second-order valence-electron chi connectivity index (χ2n) is 3.62. The van der Waals surface area contributed by atoms with Crippen molar-refractivity contribution in [3.63, 3.8) is 0 Å². The second kappa shape index (κ2) is 5.60. The normalized spacial score (nSPS) is 10.1. The van der Waals surface area contributed by atoms with Crippen molar-refractivity contribution in [1.29, 1.82) is 0 Å². The number of pyridine rings is 2. The number of aromatic nitrogens is 2. The van der Waals surface area contributed by atoms with Crippen LogP contribution < -0.4 is 4.90 Å². The summed E-state index contributed by atoms with van der Waals surface area (Å²) in [6, 6.07) is 6.81. The van der Waals surface area contributed by atoms with Crippen LogP contribution in [0.25, 0.3) is 0 Å². The highest BCUT2D eigenvalue weighted by molar-refractivity contribution is 6.29. The highest BCUT2D eigenvalue weighted by Gasteiger charge is 2.16. The molecule has 4 nitrogen and oxygen atoms in total. The molecule has 0 atom stereocenters. The lowest BCUT2D eigenvalue weighted by Gasteiger charge is -2.20. The molecule has 0 spiro atoms. The van der Waals surface area contributed by atoms with Crippen LogP contribution in [0.5, 0.6) is 0 Å². The summed E-state index contributed by atoms with van der Waals surface area (Å²) in [4.78, 5) is 21.8. The number of hydrogen-bond donors (Lipinski definition) is 0. The Hall–Kier alpha value is -1.94. The molecule has 0 aromatic carbocycles. The average Bonchev–Trinajstić information content (AvgIpc) is 2.41. The van der Waals surface area contributed by atoms with Crippen LogP contribution in [0.2, 0.25) is 5.15 Å². The molecule has 2 aromatic heterocycles. The van der Waals surface area contributed by atoms with Gasteiger partial charge in [-0.15, -0.1) is 0 Å². The van der Waals surface area contributed by atoms with E-state index in [0.29, 0.717) is 17.3 Å². The lowest BCUT2D eigenvalue weighted by molar-refractivity contribution is 0.0988. The molecule has 0 fully saturated rings. The minimum Gasteiger partial charge on any atom is -0.309 e. The van der Waals surface area contributed by atoms with Crippen LogP contribution in [0.4, 0.5) is 5.69 Å². The first-order chi connectivity index (χ1) is 8.72. The van der Waals surface area contributed by atoms with Gasteiger partial charge < -0.3 is 4.90 Å². The topological polar surface area (TPSA) is 46.1 Å². The molecule has 0 bridgehead atoms. The van der Waals surface area contributed by atoms with Crippen molar-refractivity contribution >= 4 is 23.2 Å². The average molecular weight is 262 g/mol. The third-order valence-corrected chi connectivity index (χ3v) is 2.72. The molecule has 2 rings (SSSR count). The van der Waals surface area contributed by atoms with Gasteiger partial charge in [-0.3, -0.25) is 9.78 Å². The molecule has 0 N–H and O–H groups in total. The smallest absolute Gasteiger partial charge is 0.258 e. The first-order valence-corrected chi connectivity index (χ1v) is 5.93. The van der Waals surface area contributed by atoms with Gasteiger partial charge in [0.05, 0.1) is 0 Å². The van der Waals surface area contributed by atoms with Gasteiger partial charge in [-0.25, -0.2) is 4.98 Å².